The van der Waals surface area contributed by atoms with Gasteiger partial charge in [0.1, 0.15) is 0 Å². The van der Waals surface area contributed by atoms with Gasteiger partial charge in [0.05, 0.1) is 10.5 Å². The number of hydrogen-bond acceptors (Lipinski definition) is 4. The zero-order chi connectivity index (χ0) is 12.5. The fraction of sp³-hybridized carbons (Fsp3) is 0.222. The van der Waals surface area contributed by atoms with E-state index in [4.69, 9.17) is 5.11 Å². The third-order valence-electron chi connectivity index (χ3n) is 2.05. The number of nitro benzene ring substituents is 1. The second-order valence-corrected chi connectivity index (χ2v) is 3.13. The number of carboxylic acids is 1. The van der Waals surface area contributed by atoms with Crippen LogP contribution < -0.4 is 0 Å². The summed E-state index contributed by atoms with van der Waals surface area (Å²) >= 11 is 0. The van der Waals surface area contributed by atoms with Crippen LogP contribution in [0.4, 0.5) is 10.1 Å². The Kier molecular flexibility index (Phi) is 3.19. The Morgan fingerprint density at radius 1 is 1.56 bits per heavy atom. The lowest BCUT2D eigenvalue weighted by Gasteiger charge is -2.08. The normalized spacial score (nSPS) is 12.2. The average molecular weight is 229 g/mol. The van der Waals surface area contributed by atoms with Gasteiger partial charge in [-0.1, -0.05) is 6.07 Å². The maximum Gasteiger partial charge on any atom is 0.337 e. The number of carboxylic acid groups (broad SMARTS) is 1. The van der Waals surface area contributed by atoms with E-state index in [-0.39, 0.29) is 5.56 Å². The molecular formula is C9H8FNO5. The van der Waals surface area contributed by atoms with Crippen LogP contribution >= 0.6 is 0 Å². The van der Waals surface area contributed by atoms with Crippen LogP contribution in [0.3, 0.4) is 0 Å². The molecule has 0 aliphatic carbocycles. The van der Waals surface area contributed by atoms with Gasteiger partial charge in [0.2, 0.25) is 5.82 Å². The molecule has 0 bridgehead atoms. The molecule has 1 aromatic rings. The van der Waals surface area contributed by atoms with Crippen molar-refractivity contribution in [3.05, 3.63) is 39.2 Å². The molecule has 0 aliphatic rings. The van der Waals surface area contributed by atoms with Gasteiger partial charge in [-0.2, -0.15) is 4.39 Å². The molecule has 6 nitrogen and oxygen atoms in total. The summed E-state index contributed by atoms with van der Waals surface area (Å²) in [5.41, 5.74) is -1.57. The molecule has 0 aliphatic heterocycles. The van der Waals surface area contributed by atoms with Crippen molar-refractivity contribution in [3.63, 3.8) is 0 Å². The topological polar surface area (TPSA) is 101 Å². The van der Waals surface area contributed by atoms with E-state index in [1.165, 1.54) is 13.0 Å². The first-order valence-corrected chi connectivity index (χ1v) is 4.20. The average Bonchev–Trinajstić information content (AvgIpc) is 2.20. The highest BCUT2D eigenvalue weighted by molar-refractivity contribution is 5.76. The molecule has 1 atom stereocenters. The zero-order valence-electron chi connectivity index (χ0n) is 8.18. The number of hydrogen-bond donors (Lipinski definition) is 2. The summed E-state index contributed by atoms with van der Waals surface area (Å²) in [5.74, 6) is -2.81. The number of aliphatic carboxylic acids is 1. The van der Waals surface area contributed by atoms with Crippen molar-refractivity contribution in [1.82, 2.24) is 0 Å². The summed E-state index contributed by atoms with van der Waals surface area (Å²) in [6.07, 6.45) is -2.12. The molecule has 0 radical (unpaired) electrons. The summed E-state index contributed by atoms with van der Waals surface area (Å²) in [6.45, 7) is 1.30. The Balaban J connectivity index is 3.46. The van der Waals surface area contributed by atoms with E-state index in [2.05, 4.69) is 0 Å². The third-order valence-corrected chi connectivity index (χ3v) is 2.05. The predicted octanol–water partition coefficient (Wildman–Crippen LogP) is 1.16. The number of aliphatic hydroxyl groups excluding tert-OH is 1. The largest absolute Gasteiger partial charge is 0.479 e. The Morgan fingerprint density at radius 2 is 2.12 bits per heavy atom. The number of rotatable bonds is 3. The zero-order valence-corrected chi connectivity index (χ0v) is 8.18. The summed E-state index contributed by atoms with van der Waals surface area (Å²) < 4.78 is 13.4. The molecule has 2 N–H and O–H groups in total. The van der Waals surface area contributed by atoms with Crippen LogP contribution in [0, 0.1) is 22.9 Å². The van der Waals surface area contributed by atoms with Crippen LogP contribution in [0.2, 0.25) is 0 Å². The second-order valence-electron chi connectivity index (χ2n) is 3.13. The fourth-order valence-corrected chi connectivity index (χ4v) is 1.22. The van der Waals surface area contributed by atoms with Crippen molar-refractivity contribution >= 4 is 11.7 Å². The molecule has 16 heavy (non-hydrogen) atoms. The molecule has 7 heteroatoms. The Labute approximate surface area is 89.1 Å². The molecule has 1 rings (SSSR count). The maximum atomic E-state index is 13.4. The summed E-state index contributed by atoms with van der Waals surface area (Å²) in [6, 6.07) is 2.19. The number of benzene rings is 1. The van der Waals surface area contributed by atoms with Crippen LogP contribution in [-0.2, 0) is 4.79 Å². The maximum absolute atomic E-state index is 13.4. The lowest BCUT2D eigenvalue weighted by molar-refractivity contribution is -0.388. The summed E-state index contributed by atoms with van der Waals surface area (Å²) in [5, 5.41) is 28.3. The minimum atomic E-state index is -2.12. The van der Waals surface area contributed by atoms with Crippen molar-refractivity contribution in [3.8, 4) is 0 Å². The van der Waals surface area contributed by atoms with Crippen molar-refractivity contribution < 1.29 is 24.3 Å². The van der Waals surface area contributed by atoms with Gasteiger partial charge in [-0.25, -0.2) is 4.79 Å². The van der Waals surface area contributed by atoms with Gasteiger partial charge in [-0.15, -0.1) is 0 Å². The van der Waals surface area contributed by atoms with Crippen LogP contribution in [0.15, 0.2) is 12.1 Å². The molecular weight excluding hydrogens is 221 g/mol. The molecule has 0 amide bonds. The molecule has 0 fully saturated rings. The Bertz CT molecular complexity index is 459. The molecule has 1 aromatic carbocycles. The number of aliphatic hydroxyl groups is 1. The lowest BCUT2D eigenvalue weighted by Crippen LogP contribution is -2.13. The SMILES string of the molecule is Cc1ccc(C(O)C(=O)O)c([N+](=O)[O-])c1F. The van der Waals surface area contributed by atoms with E-state index in [1.54, 1.807) is 0 Å². The van der Waals surface area contributed by atoms with Gasteiger partial charge in [0, 0.05) is 0 Å². The number of nitrogens with zero attached hydrogens (tertiary/aromatic N) is 1. The van der Waals surface area contributed by atoms with Crippen LogP contribution in [-0.4, -0.2) is 21.1 Å². The first-order chi connectivity index (χ1) is 7.36. The van der Waals surface area contributed by atoms with Crippen molar-refractivity contribution in [2.45, 2.75) is 13.0 Å². The van der Waals surface area contributed by atoms with Crippen molar-refractivity contribution in [2.75, 3.05) is 0 Å². The van der Waals surface area contributed by atoms with Gasteiger partial charge in [-0.05, 0) is 18.6 Å². The molecule has 0 saturated carbocycles. The number of carbonyl (C=O) groups is 1. The van der Waals surface area contributed by atoms with Gasteiger partial charge in [0.15, 0.2) is 6.10 Å². The van der Waals surface area contributed by atoms with E-state index in [1.807, 2.05) is 0 Å². The highest BCUT2D eigenvalue weighted by Crippen LogP contribution is 2.30. The molecule has 0 aromatic heterocycles. The third kappa shape index (κ3) is 1.98. The van der Waals surface area contributed by atoms with E-state index in [9.17, 15) is 24.4 Å². The van der Waals surface area contributed by atoms with Crippen molar-refractivity contribution in [1.29, 1.82) is 0 Å². The molecule has 86 valence electrons. The fourth-order valence-electron chi connectivity index (χ4n) is 1.22. The molecule has 0 spiro atoms. The summed E-state index contributed by atoms with van der Waals surface area (Å²) in [4.78, 5) is 20.0. The van der Waals surface area contributed by atoms with Gasteiger partial charge in [-0.3, -0.25) is 10.1 Å². The minimum absolute atomic E-state index is 0.00744. The monoisotopic (exact) mass is 229 g/mol. The Morgan fingerprint density at radius 3 is 2.56 bits per heavy atom. The molecule has 1 unspecified atom stereocenters. The van der Waals surface area contributed by atoms with Gasteiger partial charge in [0.25, 0.3) is 0 Å². The van der Waals surface area contributed by atoms with Gasteiger partial charge >= 0.3 is 11.7 Å². The summed E-state index contributed by atoms with van der Waals surface area (Å²) in [7, 11) is 0. The van der Waals surface area contributed by atoms with Crippen molar-refractivity contribution in [2.24, 2.45) is 0 Å². The number of halogens is 1. The second kappa shape index (κ2) is 4.23. The first-order valence-electron chi connectivity index (χ1n) is 4.20. The van der Waals surface area contributed by atoms with E-state index in [0.29, 0.717) is 0 Å². The minimum Gasteiger partial charge on any atom is -0.479 e. The standard InChI is InChI=1S/C9H8FNO5/c1-4-2-3-5(8(12)9(13)14)7(6(4)10)11(15)16/h2-3,8,12H,1H3,(H,13,14). The van der Waals surface area contributed by atoms with E-state index >= 15 is 0 Å². The smallest absolute Gasteiger partial charge is 0.337 e. The van der Waals surface area contributed by atoms with Crippen LogP contribution in [0.5, 0.6) is 0 Å². The lowest BCUT2D eigenvalue weighted by atomic mass is 10.0. The van der Waals surface area contributed by atoms with E-state index < -0.39 is 34.1 Å². The van der Waals surface area contributed by atoms with Gasteiger partial charge < -0.3 is 10.2 Å². The number of aryl methyl sites for hydroxylation is 1. The predicted molar refractivity (Wildman–Crippen MR) is 50.4 cm³/mol. The highest BCUT2D eigenvalue weighted by Gasteiger charge is 2.29. The molecule has 0 saturated heterocycles. The van der Waals surface area contributed by atoms with Crippen LogP contribution in [0.25, 0.3) is 0 Å². The van der Waals surface area contributed by atoms with E-state index in [0.717, 1.165) is 6.07 Å². The number of nitro groups is 1. The highest BCUT2D eigenvalue weighted by atomic mass is 19.1. The Hall–Kier alpha value is -2.02. The van der Waals surface area contributed by atoms with Crippen LogP contribution in [0.1, 0.15) is 17.2 Å². The first kappa shape index (κ1) is 12.1. The molecule has 0 heterocycles. The quantitative estimate of drug-likeness (QED) is 0.598.